The van der Waals surface area contributed by atoms with Gasteiger partial charge in [0.1, 0.15) is 0 Å². The van der Waals surface area contributed by atoms with Crippen molar-refractivity contribution in [2.24, 2.45) is 0 Å². The summed E-state index contributed by atoms with van der Waals surface area (Å²) < 4.78 is 0.879. The molecule has 0 fully saturated rings. The van der Waals surface area contributed by atoms with Crippen LogP contribution < -0.4 is 0 Å². The average molecular weight is 273 g/mol. The highest BCUT2D eigenvalue weighted by Gasteiger charge is 1.99. The Morgan fingerprint density at radius 3 is 2.25 bits per heavy atom. The zero-order valence-electron chi connectivity index (χ0n) is 8.74. The van der Waals surface area contributed by atoms with E-state index in [0.717, 1.165) is 21.4 Å². The Hall–Kier alpha value is -1.66. The maximum Gasteiger partial charge on any atom is 0.159 e. The summed E-state index contributed by atoms with van der Waals surface area (Å²) >= 11 is 3.31. The van der Waals surface area contributed by atoms with Crippen LogP contribution in [0.1, 0.15) is 12.5 Å². The Labute approximate surface area is 103 Å². The van der Waals surface area contributed by atoms with Gasteiger partial charge in [0.15, 0.2) is 5.82 Å². The van der Waals surface area contributed by atoms with Crippen LogP contribution in [0.2, 0.25) is 0 Å². The van der Waals surface area contributed by atoms with Crippen molar-refractivity contribution in [3.8, 4) is 23.2 Å². The molecule has 1 aromatic carbocycles. The minimum absolute atomic E-state index is 0.721. The first kappa shape index (κ1) is 10.8. The quantitative estimate of drug-likeness (QED) is 0.745. The Bertz CT molecular complexity index is 533. The van der Waals surface area contributed by atoms with Crippen LogP contribution in [0.25, 0.3) is 11.4 Å². The van der Waals surface area contributed by atoms with Crippen molar-refractivity contribution in [1.29, 1.82) is 0 Å². The zero-order chi connectivity index (χ0) is 11.4. The van der Waals surface area contributed by atoms with Crippen LogP contribution >= 0.6 is 15.9 Å². The first-order valence-electron chi connectivity index (χ1n) is 4.80. The van der Waals surface area contributed by atoms with Crippen molar-refractivity contribution in [2.45, 2.75) is 6.92 Å². The lowest BCUT2D eigenvalue weighted by atomic mass is 10.1. The van der Waals surface area contributed by atoms with Gasteiger partial charge < -0.3 is 0 Å². The second-order valence-corrected chi connectivity index (χ2v) is 4.09. The summed E-state index contributed by atoms with van der Waals surface area (Å²) in [6.07, 6.45) is 3.48. The Morgan fingerprint density at radius 2 is 1.69 bits per heavy atom. The lowest BCUT2D eigenvalue weighted by Gasteiger charge is -1.99. The van der Waals surface area contributed by atoms with E-state index < -0.39 is 0 Å². The van der Waals surface area contributed by atoms with E-state index in [1.807, 2.05) is 31.2 Å². The van der Waals surface area contributed by atoms with Crippen molar-refractivity contribution < 1.29 is 0 Å². The fourth-order valence-corrected chi connectivity index (χ4v) is 1.51. The molecule has 1 aromatic heterocycles. The molecular formula is C13H9BrN2. The van der Waals surface area contributed by atoms with Crippen molar-refractivity contribution in [3.05, 3.63) is 46.7 Å². The molecular weight excluding hydrogens is 264 g/mol. The largest absolute Gasteiger partial charge is 0.235 e. The van der Waals surface area contributed by atoms with Crippen LogP contribution in [-0.4, -0.2) is 9.97 Å². The molecule has 0 spiro atoms. The van der Waals surface area contributed by atoms with Gasteiger partial charge in [0, 0.05) is 23.5 Å². The fourth-order valence-electron chi connectivity index (χ4n) is 1.31. The second-order valence-electron chi connectivity index (χ2n) is 3.18. The van der Waals surface area contributed by atoms with E-state index in [1.54, 1.807) is 12.4 Å². The van der Waals surface area contributed by atoms with Crippen LogP contribution in [0.3, 0.4) is 0 Å². The van der Waals surface area contributed by atoms with Gasteiger partial charge in [-0.25, -0.2) is 9.97 Å². The van der Waals surface area contributed by atoms with Gasteiger partial charge in [-0.15, -0.1) is 5.92 Å². The number of hydrogen-bond donors (Lipinski definition) is 0. The molecule has 0 saturated heterocycles. The number of benzene rings is 1. The smallest absolute Gasteiger partial charge is 0.159 e. The summed E-state index contributed by atoms with van der Waals surface area (Å²) in [4.78, 5) is 8.46. The van der Waals surface area contributed by atoms with Gasteiger partial charge in [-0.05, 0) is 47.1 Å². The molecule has 78 valence electrons. The van der Waals surface area contributed by atoms with E-state index in [9.17, 15) is 0 Å². The maximum atomic E-state index is 4.23. The van der Waals surface area contributed by atoms with Crippen molar-refractivity contribution in [2.75, 3.05) is 0 Å². The third kappa shape index (κ3) is 2.47. The van der Waals surface area contributed by atoms with E-state index in [4.69, 9.17) is 0 Å². The molecule has 1 heterocycles. The summed E-state index contributed by atoms with van der Waals surface area (Å²) in [5.74, 6) is 6.58. The molecule has 2 nitrogen and oxygen atoms in total. The van der Waals surface area contributed by atoms with Gasteiger partial charge in [-0.1, -0.05) is 5.92 Å². The van der Waals surface area contributed by atoms with Gasteiger partial charge in [0.05, 0.1) is 4.47 Å². The van der Waals surface area contributed by atoms with E-state index in [0.29, 0.717) is 0 Å². The Morgan fingerprint density at radius 1 is 1.06 bits per heavy atom. The summed E-state index contributed by atoms with van der Waals surface area (Å²) in [6, 6.07) is 7.89. The molecule has 3 heteroatoms. The van der Waals surface area contributed by atoms with Gasteiger partial charge >= 0.3 is 0 Å². The van der Waals surface area contributed by atoms with Gasteiger partial charge in [0.2, 0.25) is 0 Å². The SMILES string of the molecule is CC#Cc1ccc(-c2ncc(Br)cn2)cc1. The van der Waals surface area contributed by atoms with E-state index in [2.05, 4.69) is 37.7 Å². The predicted molar refractivity (Wildman–Crippen MR) is 67.7 cm³/mol. The van der Waals surface area contributed by atoms with E-state index in [1.165, 1.54) is 0 Å². The molecule has 0 N–H and O–H groups in total. The molecule has 0 aliphatic rings. The molecule has 0 saturated carbocycles. The van der Waals surface area contributed by atoms with Crippen molar-refractivity contribution in [3.63, 3.8) is 0 Å². The highest BCUT2D eigenvalue weighted by atomic mass is 79.9. The first-order valence-corrected chi connectivity index (χ1v) is 5.59. The summed E-state index contributed by atoms with van der Waals surface area (Å²) in [5.41, 5.74) is 2.00. The van der Waals surface area contributed by atoms with Crippen molar-refractivity contribution >= 4 is 15.9 Å². The average Bonchev–Trinajstić information content (AvgIpc) is 2.32. The lowest BCUT2D eigenvalue weighted by Crippen LogP contribution is -1.87. The number of halogens is 1. The molecule has 0 aliphatic carbocycles. The topological polar surface area (TPSA) is 25.8 Å². The van der Waals surface area contributed by atoms with E-state index >= 15 is 0 Å². The van der Waals surface area contributed by atoms with Crippen LogP contribution in [0, 0.1) is 11.8 Å². The molecule has 0 radical (unpaired) electrons. The fraction of sp³-hybridized carbons (Fsp3) is 0.0769. The molecule has 0 bridgehead atoms. The first-order chi connectivity index (χ1) is 7.79. The second kappa shape index (κ2) is 4.91. The Kier molecular flexibility index (Phi) is 3.33. The summed E-state index contributed by atoms with van der Waals surface area (Å²) in [5, 5.41) is 0. The highest BCUT2D eigenvalue weighted by molar-refractivity contribution is 9.10. The summed E-state index contributed by atoms with van der Waals surface area (Å²) in [7, 11) is 0. The summed E-state index contributed by atoms with van der Waals surface area (Å²) in [6.45, 7) is 1.83. The standard InChI is InChI=1S/C13H9BrN2/c1-2-3-10-4-6-11(7-5-10)13-15-8-12(14)9-16-13/h4-9H,1H3. The van der Waals surface area contributed by atoms with Crippen LogP contribution in [-0.2, 0) is 0 Å². The number of nitrogens with zero attached hydrogens (tertiary/aromatic N) is 2. The highest BCUT2D eigenvalue weighted by Crippen LogP contribution is 2.16. The monoisotopic (exact) mass is 272 g/mol. The molecule has 0 atom stereocenters. The van der Waals surface area contributed by atoms with Gasteiger partial charge in [-0.2, -0.15) is 0 Å². The number of aromatic nitrogens is 2. The Balaban J connectivity index is 2.33. The van der Waals surface area contributed by atoms with Crippen LogP contribution in [0.5, 0.6) is 0 Å². The van der Waals surface area contributed by atoms with Crippen LogP contribution in [0.4, 0.5) is 0 Å². The normalized spacial score (nSPS) is 9.38. The molecule has 0 aliphatic heterocycles. The van der Waals surface area contributed by atoms with Crippen molar-refractivity contribution in [1.82, 2.24) is 9.97 Å². The van der Waals surface area contributed by atoms with E-state index in [-0.39, 0.29) is 0 Å². The zero-order valence-corrected chi connectivity index (χ0v) is 10.3. The molecule has 16 heavy (non-hydrogen) atoms. The third-order valence-corrected chi connectivity index (χ3v) is 2.44. The molecule has 2 aromatic rings. The third-order valence-electron chi connectivity index (χ3n) is 2.03. The minimum Gasteiger partial charge on any atom is -0.235 e. The predicted octanol–water partition coefficient (Wildman–Crippen LogP) is 3.28. The molecule has 0 amide bonds. The molecule has 0 unspecified atom stereocenters. The van der Waals surface area contributed by atoms with Gasteiger partial charge in [-0.3, -0.25) is 0 Å². The maximum absolute atomic E-state index is 4.23. The lowest BCUT2D eigenvalue weighted by molar-refractivity contribution is 1.16. The number of hydrogen-bond acceptors (Lipinski definition) is 2. The minimum atomic E-state index is 0.721. The van der Waals surface area contributed by atoms with Gasteiger partial charge in [0.25, 0.3) is 0 Å². The van der Waals surface area contributed by atoms with Crippen LogP contribution in [0.15, 0.2) is 41.1 Å². The number of rotatable bonds is 1. The molecule has 2 rings (SSSR count).